The highest BCUT2D eigenvalue weighted by Crippen LogP contribution is 2.43. The molecule has 280 valence electrons. The molecule has 0 N–H and O–H groups in total. The van der Waals surface area contributed by atoms with Crippen LogP contribution in [0.5, 0.6) is 0 Å². The topological polar surface area (TPSA) is 32.6 Å². The SMILES string of the molecule is c1ccc(-n2c(-c3ccc(-n4c5ccccc5c5c6c7ccccc7n(-c7ccc8c(c7)c7ccccc7n8-c7ccccc7)c6ccc54)cc3)nc3ccccc32)cc1. The number of para-hydroxylation sites is 7. The summed E-state index contributed by atoms with van der Waals surface area (Å²) in [5.74, 6) is 0.925. The van der Waals surface area contributed by atoms with E-state index >= 15 is 0 Å². The molecule has 0 aliphatic heterocycles. The second-order valence-electron chi connectivity index (χ2n) is 15.6. The fourth-order valence-electron chi connectivity index (χ4n) is 9.85. The van der Waals surface area contributed by atoms with Gasteiger partial charge in [0.25, 0.3) is 0 Å². The fourth-order valence-corrected chi connectivity index (χ4v) is 9.85. The number of fused-ring (bicyclic) bond motifs is 11. The highest BCUT2D eigenvalue weighted by molar-refractivity contribution is 6.29. The first kappa shape index (κ1) is 32.9. The van der Waals surface area contributed by atoms with Crippen molar-refractivity contribution >= 4 is 76.5 Å². The number of imidazole rings is 1. The third kappa shape index (κ3) is 4.66. The quantitative estimate of drug-likeness (QED) is 0.172. The highest BCUT2D eigenvalue weighted by atomic mass is 15.1. The molecule has 13 aromatic rings. The summed E-state index contributed by atoms with van der Waals surface area (Å²) >= 11 is 0. The van der Waals surface area contributed by atoms with Gasteiger partial charge in [-0.25, -0.2) is 4.98 Å². The van der Waals surface area contributed by atoms with Crippen LogP contribution in [0, 0.1) is 0 Å². The lowest BCUT2D eigenvalue weighted by Crippen LogP contribution is -1.98. The Hall–Kier alpha value is -8.15. The van der Waals surface area contributed by atoms with E-state index in [2.05, 4.69) is 231 Å². The molecule has 0 bridgehead atoms. The van der Waals surface area contributed by atoms with Gasteiger partial charge in [-0.1, -0.05) is 103 Å². The van der Waals surface area contributed by atoms with Crippen molar-refractivity contribution in [2.24, 2.45) is 0 Å². The van der Waals surface area contributed by atoms with E-state index in [-0.39, 0.29) is 0 Å². The molecule has 0 amide bonds. The van der Waals surface area contributed by atoms with E-state index in [1.807, 2.05) is 0 Å². The number of nitrogens with zero attached hydrogens (tertiary/aromatic N) is 5. The van der Waals surface area contributed by atoms with Gasteiger partial charge >= 0.3 is 0 Å². The van der Waals surface area contributed by atoms with E-state index in [9.17, 15) is 0 Å². The Labute approximate surface area is 344 Å². The lowest BCUT2D eigenvalue weighted by Gasteiger charge is -2.12. The van der Waals surface area contributed by atoms with Crippen molar-refractivity contribution in [2.75, 3.05) is 0 Å². The van der Waals surface area contributed by atoms with Gasteiger partial charge in [0.1, 0.15) is 5.82 Å². The summed E-state index contributed by atoms with van der Waals surface area (Å²) in [6, 6.07) is 76.5. The van der Waals surface area contributed by atoms with Crippen molar-refractivity contribution in [1.29, 1.82) is 0 Å². The van der Waals surface area contributed by atoms with Crippen LogP contribution in [0.1, 0.15) is 0 Å². The summed E-state index contributed by atoms with van der Waals surface area (Å²) < 4.78 is 9.52. The second kappa shape index (κ2) is 12.7. The van der Waals surface area contributed by atoms with Crippen LogP contribution < -0.4 is 0 Å². The summed E-state index contributed by atoms with van der Waals surface area (Å²) in [5, 5.41) is 7.47. The first-order valence-corrected chi connectivity index (χ1v) is 20.5. The van der Waals surface area contributed by atoms with Crippen molar-refractivity contribution < 1.29 is 0 Å². The fraction of sp³-hybridized carbons (Fsp3) is 0. The Bertz CT molecular complexity index is 3810. The Morgan fingerprint density at radius 3 is 1.32 bits per heavy atom. The number of hydrogen-bond acceptors (Lipinski definition) is 1. The van der Waals surface area contributed by atoms with E-state index in [1.54, 1.807) is 0 Å². The highest BCUT2D eigenvalue weighted by Gasteiger charge is 2.22. The molecule has 0 spiro atoms. The zero-order chi connectivity index (χ0) is 39.3. The number of hydrogen-bond donors (Lipinski definition) is 0. The van der Waals surface area contributed by atoms with Crippen LogP contribution >= 0.6 is 0 Å². The third-order valence-corrected chi connectivity index (χ3v) is 12.4. The van der Waals surface area contributed by atoms with Gasteiger partial charge in [-0.2, -0.15) is 0 Å². The Morgan fingerprint density at radius 1 is 0.267 bits per heavy atom. The standard InChI is InChI=1S/C55H35N5/c1-3-15-37(16-4-1)57-46-23-11-7-19-41(46)44-35-40(31-32-49(44)57)59-48-25-13-9-21-43(48)54-52(59)34-33-51-53(54)42-20-8-12-24-47(42)58(51)39-29-27-36(28-30-39)55-56-45-22-10-14-26-50(45)60(55)38-17-5-2-6-18-38/h1-35H. The lowest BCUT2D eigenvalue weighted by atomic mass is 10.1. The van der Waals surface area contributed by atoms with E-state index in [1.165, 1.54) is 65.4 Å². The normalized spacial score (nSPS) is 12.0. The van der Waals surface area contributed by atoms with E-state index < -0.39 is 0 Å². The number of rotatable bonds is 5. The van der Waals surface area contributed by atoms with Crippen LogP contribution in [0.3, 0.4) is 0 Å². The molecule has 13 rings (SSSR count). The summed E-state index contributed by atoms with van der Waals surface area (Å²) in [7, 11) is 0. The predicted octanol–water partition coefficient (Wildman–Crippen LogP) is 14.0. The van der Waals surface area contributed by atoms with Crippen LogP contribution in [-0.4, -0.2) is 23.3 Å². The van der Waals surface area contributed by atoms with Gasteiger partial charge in [0.2, 0.25) is 0 Å². The first-order chi connectivity index (χ1) is 29.8. The smallest absolute Gasteiger partial charge is 0.145 e. The van der Waals surface area contributed by atoms with Crippen molar-refractivity contribution in [2.45, 2.75) is 0 Å². The molecule has 0 radical (unpaired) electrons. The molecule has 60 heavy (non-hydrogen) atoms. The maximum absolute atomic E-state index is 5.14. The molecule has 0 saturated carbocycles. The van der Waals surface area contributed by atoms with Crippen molar-refractivity contribution in [1.82, 2.24) is 23.3 Å². The monoisotopic (exact) mass is 765 g/mol. The van der Waals surface area contributed by atoms with Crippen molar-refractivity contribution in [3.05, 3.63) is 212 Å². The molecule has 5 heteroatoms. The summed E-state index contributed by atoms with van der Waals surface area (Å²) in [4.78, 5) is 5.14. The minimum Gasteiger partial charge on any atom is -0.309 e. The molecule has 0 saturated heterocycles. The Morgan fingerprint density at radius 2 is 0.683 bits per heavy atom. The number of benzene rings is 9. The second-order valence-corrected chi connectivity index (χ2v) is 15.6. The zero-order valence-corrected chi connectivity index (χ0v) is 32.4. The molecule has 4 aromatic heterocycles. The van der Waals surface area contributed by atoms with Crippen molar-refractivity contribution in [3.63, 3.8) is 0 Å². The average Bonchev–Trinajstić information content (AvgIpc) is 4.06. The van der Waals surface area contributed by atoms with Crippen molar-refractivity contribution in [3.8, 4) is 34.1 Å². The van der Waals surface area contributed by atoms with Gasteiger partial charge in [0, 0.05) is 60.6 Å². The maximum Gasteiger partial charge on any atom is 0.145 e. The minimum absolute atomic E-state index is 0.925. The van der Waals surface area contributed by atoms with Gasteiger partial charge in [0.05, 0.1) is 44.1 Å². The summed E-state index contributed by atoms with van der Waals surface area (Å²) in [5.41, 5.74) is 14.8. The minimum atomic E-state index is 0.925. The molecule has 0 atom stereocenters. The molecule has 0 unspecified atom stereocenters. The Balaban J connectivity index is 1.01. The van der Waals surface area contributed by atoms with Gasteiger partial charge in [-0.15, -0.1) is 0 Å². The molecule has 0 aliphatic carbocycles. The molecule has 4 heterocycles. The van der Waals surface area contributed by atoms with Gasteiger partial charge in [-0.05, 0) is 109 Å². The lowest BCUT2D eigenvalue weighted by molar-refractivity contribution is 1.10. The molecular formula is C55H35N5. The van der Waals surface area contributed by atoms with Gasteiger partial charge in [-0.3, -0.25) is 4.57 Å². The van der Waals surface area contributed by atoms with Crippen LogP contribution in [0.15, 0.2) is 212 Å². The van der Waals surface area contributed by atoms with E-state index in [0.717, 1.165) is 45.2 Å². The number of aromatic nitrogens is 5. The largest absolute Gasteiger partial charge is 0.309 e. The van der Waals surface area contributed by atoms with Crippen LogP contribution in [0.25, 0.3) is 111 Å². The zero-order valence-electron chi connectivity index (χ0n) is 32.4. The molecule has 0 aliphatic rings. The average molecular weight is 766 g/mol. The van der Waals surface area contributed by atoms with Gasteiger partial charge in [0.15, 0.2) is 0 Å². The van der Waals surface area contributed by atoms with Crippen LogP contribution in [-0.2, 0) is 0 Å². The molecule has 0 fully saturated rings. The van der Waals surface area contributed by atoms with Gasteiger partial charge < -0.3 is 13.7 Å². The first-order valence-electron chi connectivity index (χ1n) is 20.5. The third-order valence-electron chi connectivity index (χ3n) is 12.4. The maximum atomic E-state index is 5.14. The molecule has 5 nitrogen and oxygen atoms in total. The summed E-state index contributed by atoms with van der Waals surface area (Å²) in [6.07, 6.45) is 0. The molecular weight excluding hydrogens is 731 g/mol. The van der Waals surface area contributed by atoms with E-state index in [0.29, 0.717) is 0 Å². The van der Waals surface area contributed by atoms with E-state index in [4.69, 9.17) is 4.98 Å². The van der Waals surface area contributed by atoms with Crippen LogP contribution in [0.2, 0.25) is 0 Å². The molecule has 9 aromatic carbocycles. The van der Waals surface area contributed by atoms with Crippen LogP contribution in [0.4, 0.5) is 0 Å². The predicted molar refractivity (Wildman–Crippen MR) is 250 cm³/mol. The summed E-state index contributed by atoms with van der Waals surface area (Å²) in [6.45, 7) is 0. The Kier molecular flexibility index (Phi) is 6.95.